The summed E-state index contributed by atoms with van der Waals surface area (Å²) in [6.45, 7) is 8.16. The molecule has 0 unspecified atom stereocenters. The molecular weight excluding hydrogens is 156 g/mol. The van der Waals surface area contributed by atoms with E-state index >= 15 is 0 Å². The summed E-state index contributed by atoms with van der Waals surface area (Å²) in [5.74, 6) is -0.312. The zero-order valence-electron chi connectivity index (χ0n) is 8.20. The third-order valence-corrected chi connectivity index (χ3v) is 2.09. The van der Waals surface area contributed by atoms with E-state index in [-0.39, 0.29) is 12.0 Å². The quantitative estimate of drug-likeness (QED) is 0.682. The maximum atomic E-state index is 9.65. The molecule has 0 aromatic rings. The summed E-state index contributed by atoms with van der Waals surface area (Å²) in [6.07, 6.45) is -0.591. The standard InChI is InChI=1S/C9H18O3/c1-6(2)8(10)7-5-11-9(3,4)12-7/h6-8,10H,5H2,1-4H3/t7-,8-/m1/s1. The van der Waals surface area contributed by atoms with E-state index in [0.717, 1.165) is 0 Å². The van der Waals surface area contributed by atoms with Crippen LogP contribution in [0.5, 0.6) is 0 Å². The second-order valence-electron chi connectivity index (χ2n) is 4.10. The molecule has 0 amide bonds. The van der Waals surface area contributed by atoms with E-state index in [0.29, 0.717) is 6.61 Å². The lowest BCUT2D eigenvalue weighted by molar-refractivity contribution is -0.154. The summed E-state index contributed by atoms with van der Waals surface area (Å²) in [6, 6.07) is 0. The molecule has 0 aromatic carbocycles. The van der Waals surface area contributed by atoms with Crippen LogP contribution in [0.2, 0.25) is 0 Å². The molecule has 0 spiro atoms. The first-order valence-corrected chi connectivity index (χ1v) is 4.42. The van der Waals surface area contributed by atoms with E-state index < -0.39 is 11.9 Å². The highest BCUT2D eigenvalue weighted by atomic mass is 16.7. The van der Waals surface area contributed by atoms with Crippen molar-refractivity contribution in [2.75, 3.05) is 6.61 Å². The van der Waals surface area contributed by atoms with Crippen LogP contribution in [0, 0.1) is 5.92 Å². The first-order chi connectivity index (χ1) is 5.42. The van der Waals surface area contributed by atoms with Crippen LogP contribution in [-0.4, -0.2) is 29.7 Å². The van der Waals surface area contributed by atoms with Gasteiger partial charge in [-0.1, -0.05) is 13.8 Å². The molecule has 12 heavy (non-hydrogen) atoms. The van der Waals surface area contributed by atoms with Gasteiger partial charge in [0.15, 0.2) is 5.79 Å². The SMILES string of the molecule is CC(C)[C@@H](O)[C@H]1COC(C)(C)O1. The van der Waals surface area contributed by atoms with Gasteiger partial charge in [-0.25, -0.2) is 0 Å². The van der Waals surface area contributed by atoms with Crippen LogP contribution < -0.4 is 0 Å². The Labute approximate surface area is 73.7 Å². The van der Waals surface area contributed by atoms with Crippen LogP contribution >= 0.6 is 0 Å². The molecule has 0 saturated carbocycles. The van der Waals surface area contributed by atoms with Crippen LogP contribution in [0.25, 0.3) is 0 Å². The molecule has 2 atom stereocenters. The van der Waals surface area contributed by atoms with E-state index in [1.807, 2.05) is 27.7 Å². The second kappa shape index (κ2) is 3.32. The van der Waals surface area contributed by atoms with Crippen molar-refractivity contribution < 1.29 is 14.6 Å². The van der Waals surface area contributed by atoms with Crippen molar-refractivity contribution in [3.63, 3.8) is 0 Å². The molecule has 1 rings (SSSR count). The molecule has 1 aliphatic heterocycles. The van der Waals surface area contributed by atoms with Gasteiger partial charge in [0.25, 0.3) is 0 Å². The van der Waals surface area contributed by atoms with E-state index in [1.165, 1.54) is 0 Å². The molecule has 1 heterocycles. The lowest BCUT2D eigenvalue weighted by Gasteiger charge is -2.22. The van der Waals surface area contributed by atoms with Gasteiger partial charge in [0.1, 0.15) is 6.10 Å². The molecule has 1 aliphatic rings. The molecule has 0 bridgehead atoms. The summed E-state index contributed by atoms with van der Waals surface area (Å²) in [5.41, 5.74) is 0. The predicted molar refractivity (Wildman–Crippen MR) is 45.7 cm³/mol. The van der Waals surface area contributed by atoms with E-state index in [9.17, 15) is 5.11 Å². The number of aliphatic hydroxyl groups is 1. The van der Waals surface area contributed by atoms with Gasteiger partial charge in [0, 0.05) is 0 Å². The van der Waals surface area contributed by atoms with Crippen LogP contribution in [0.1, 0.15) is 27.7 Å². The zero-order chi connectivity index (χ0) is 9.35. The highest BCUT2D eigenvalue weighted by Crippen LogP contribution is 2.26. The Balaban J connectivity index is 2.47. The summed E-state index contributed by atoms with van der Waals surface area (Å²) in [7, 11) is 0. The third-order valence-electron chi connectivity index (χ3n) is 2.09. The Morgan fingerprint density at radius 3 is 2.33 bits per heavy atom. The van der Waals surface area contributed by atoms with Gasteiger partial charge >= 0.3 is 0 Å². The molecule has 3 nitrogen and oxygen atoms in total. The number of rotatable bonds is 2. The van der Waals surface area contributed by atoms with Gasteiger partial charge in [-0.15, -0.1) is 0 Å². The first-order valence-electron chi connectivity index (χ1n) is 4.42. The molecule has 1 fully saturated rings. The highest BCUT2D eigenvalue weighted by molar-refractivity contribution is 4.79. The molecule has 1 N–H and O–H groups in total. The minimum absolute atomic E-state index is 0.167. The minimum atomic E-state index is -0.527. The van der Waals surface area contributed by atoms with E-state index in [2.05, 4.69) is 0 Å². The Morgan fingerprint density at radius 2 is 2.00 bits per heavy atom. The lowest BCUT2D eigenvalue weighted by atomic mass is 10.0. The van der Waals surface area contributed by atoms with Gasteiger partial charge in [0.05, 0.1) is 12.7 Å². The maximum Gasteiger partial charge on any atom is 0.163 e. The number of hydrogen-bond acceptors (Lipinski definition) is 3. The van der Waals surface area contributed by atoms with E-state index in [1.54, 1.807) is 0 Å². The average Bonchev–Trinajstić information content (AvgIpc) is 2.28. The van der Waals surface area contributed by atoms with Crippen molar-refractivity contribution >= 4 is 0 Å². The van der Waals surface area contributed by atoms with Crippen molar-refractivity contribution in [1.82, 2.24) is 0 Å². The van der Waals surface area contributed by atoms with Gasteiger partial charge < -0.3 is 14.6 Å². The monoisotopic (exact) mass is 174 g/mol. The fourth-order valence-electron chi connectivity index (χ4n) is 1.31. The van der Waals surface area contributed by atoms with Crippen LogP contribution in [-0.2, 0) is 9.47 Å². The van der Waals surface area contributed by atoms with Gasteiger partial charge in [0.2, 0.25) is 0 Å². The molecule has 0 radical (unpaired) electrons. The zero-order valence-corrected chi connectivity index (χ0v) is 8.20. The summed E-state index contributed by atoms with van der Waals surface area (Å²) in [5, 5.41) is 9.65. The molecular formula is C9H18O3. The normalized spacial score (nSPS) is 31.0. The average molecular weight is 174 g/mol. The van der Waals surface area contributed by atoms with Gasteiger partial charge in [-0.05, 0) is 19.8 Å². The topological polar surface area (TPSA) is 38.7 Å². The Hall–Kier alpha value is -0.120. The lowest BCUT2D eigenvalue weighted by Crippen LogP contribution is -2.34. The Kier molecular flexibility index (Phi) is 2.76. The summed E-state index contributed by atoms with van der Waals surface area (Å²) in [4.78, 5) is 0. The molecule has 1 saturated heterocycles. The molecule has 3 heteroatoms. The third kappa shape index (κ3) is 2.19. The Morgan fingerprint density at radius 1 is 1.42 bits per heavy atom. The van der Waals surface area contributed by atoms with Gasteiger partial charge in [-0.2, -0.15) is 0 Å². The highest BCUT2D eigenvalue weighted by Gasteiger charge is 2.37. The number of hydrogen-bond donors (Lipinski definition) is 1. The fourth-order valence-corrected chi connectivity index (χ4v) is 1.31. The fraction of sp³-hybridized carbons (Fsp3) is 1.00. The molecule has 0 aliphatic carbocycles. The molecule has 0 aromatic heterocycles. The second-order valence-corrected chi connectivity index (χ2v) is 4.10. The predicted octanol–water partition coefficient (Wildman–Crippen LogP) is 1.15. The number of ether oxygens (including phenoxy) is 2. The minimum Gasteiger partial charge on any atom is -0.390 e. The van der Waals surface area contributed by atoms with Crippen molar-refractivity contribution in [3.05, 3.63) is 0 Å². The van der Waals surface area contributed by atoms with Crippen LogP contribution in [0.3, 0.4) is 0 Å². The maximum absolute atomic E-state index is 9.65. The summed E-state index contributed by atoms with van der Waals surface area (Å²) < 4.78 is 10.8. The summed E-state index contributed by atoms with van der Waals surface area (Å²) >= 11 is 0. The van der Waals surface area contributed by atoms with Gasteiger partial charge in [-0.3, -0.25) is 0 Å². The van der Waals surface area contributed by atoms with E-state index in [4.69, 9.17) is 9.47 Å². The van der Waals surface area contributed by atoms with Crippen molar-refractivity contribution in [3.8, 4) is 0 Å². The largest absolute Gasteiger partial charge is 0.390 e. The van der Waals surface area contributed by atoms with Crippen molar-refractivity contribution in [2.45, 2.75) is 45.7 Å². The van der Waals surface area contributed by atoms with Crippen LogP contribution in [0.15, 0.2) is 0 Å². The van der Waals surface area contributed by atoms with Crippen molar-refractivity contribution in [2.24, 2.45) is 5.92 Å². The van der Waals surface area contributed by atoms with Crippen LogP contribution in [0.4, 0.5) is 0 Å². The smallest absolute Gasteiger partial charge is 0.163 e. The number of aliphatic hydroxyl groups excluding tert-OH is 1. The first kappa shape index (κ1) is 9.96. The Bertz CT molecular complexity index is 154. The van der Waals surface area contributed by atoms with Crippen molar-refractivity contribution in [1.29, 1.82) is 0 Å². The molecule has 72 valence electrons.